The van der Waals surface area contributed by atoms with E-state index in [0.29, 0.717) is 29.7 Å². The predicted octanol–water partition coefficient (Wildman–Crippen LogP) is 4.61. The number of methoxy groups -OCH3 is 1. The molecule has 5 nitrogen and oxygen atoms in total. The molecule has 0 radical (unpaired) electrons. The van der Waals surface area contributed by atoms with Crippen LogP contribution >= 0.6 is 11.3 Å². The molecule has 1 amide bonds. The molecule has 3 aromatic rings. The van der Waals surface area contributed by atoms with E-state index in [9.17, 15) is 9.18 Å². The maximum absolute atomic E-state index is 13.0. The maximum atomic E-state index is 13.0. The first-order chi connectivity index (χ1) is 13.5. The lowest BCUT2D eigenvalue weighted by molar-refractivity contribution is -0.115. The van der Waals surface area contributed by atoms with Crippen LogP contribution in [0.2, 0.25) is 0 Å². The third-order valence-electron chi connectivity index (χ3n) is 4.17. The zero-order valence-corrected chi connectivity index (χ0v) is 16.9. The first-order valence-corrected chi connectivity index (χ1v) is 9.67. The summed E-state index contributed by atoms with van der Waals surface area (Å²) in [6.07, 6.45) is 0. The Kier molecular flexibility index (Phi) is 6.38. The Labute approximate surface area is 168 Å². The lowest BCUT2D eigenvalue weighted by Gasteiger charge is -2.20. The van der Waals surface area contributed by atoms with E-state index in [1.165, 1.54) is 30.4 Å². The Morgan fingerprint density at radius 1 is 1.14 bits per heavy atom. The van der Waals surface area contributed by atoms with Gasteiger partial charge in [-0.05, 0) is 36.9 Å². The van der Waals surface area contributed by atoms with Crippen LogP contribution in [-0.2, 0) is 17.9 Å². The van der Waals surface area contributed by atoms with Crippen LogP contribution in [0.25, 0.3) is 0 Å². The highest BCUT2D eigenvalue weighted by Crippen LogP contribution is 2.35. The molecule has 3 rings (SSSR count). The predicted molar refractivity (Wildman–Crippen MR) is 109 cm³/mol. The molecule has 0 aliphatic carbocycles. The van der Waals surface area contributed by atoms with E-state index < -0.39 is 0 Å². The first-order valence-electron chi connectivity index (χ1n) is 8.79. The third kappa shape index (κ3) is 4.74. The highest BCUT2D eigenvalue weighted by molar-refractivity contribution is 7.14. The molecule has 0 aliphatic rings. The van der Waals surface area contributed by atoms with Crippen LogP contribution in [0.15, 0.2) is 53.9 Å². The summed E-state index contributed by atoms with van der Waals surface area (Å²) in [5, 5.41) is 2.55. The van der Waals surface area contributed by atoms with Crippen molar-refractivity contribution in [3.05, 3.63) is 71.0 Å². The number of halogens is 1. The number of thiazole rings is 1. The monoisotopic (exact) mass is 399 g/mol. The van der Waals surface area contributed by atoms with Gasteiger partial charge in [0.2, 0.25) is 5.91 Å². The zero-order valence-electron chi connectivity index (χ0n) is 16.1. The number of benzene rings is 2. The van der Waals surface area contributed by atoms with Crippen molar-refractivity contribution in [2.24, 2.45) is 0 Å². The molecule has 0 unspecified atom stereocenters. The van der Waals surface area contributed by atoms with Crippen molar-refractivity contribution in [1.29, 1.82) is 0 Å². The van der Waals surface area contributed by atoms with Gasteiger partial charge in [-0.1, -0.05) is 24.3 Å². The van der Waals surface area contributed by atoms with Gasteiger partial charge in [-0.3, -0.25) is 14.6 Å². The number of hydrogen-bond donors (Lipinski definition) is 0. The number of amides is 1. The third-order valence-corrected chi connectivity index (χ3v) is 5.04. The summed E-state index contributed by atoms with van der Waals surface area (Å²) in [4.78, 5) is 20.6. The van der Waals surface area contributed by atoms with Crippen LogP contribution < -0.4 is 9.64 Å². The zero-order chi connectivity index (χ0) is 20.1. The van der Waals surface area contributed by atoms with E-state index >= 15 is 0 Å². The van der Waals surface area contributed by atoms with Gasteiger partial charge in [-0.2, -0.15) is 0 Å². The van der Waals surface area contributed by atoms with Crippen LogP contribution in [0.1, 0.15) is 18.2 Å². The van der Waals surface area contributed by atoms with Crippen molar-refractivity contribution in [2.75, 3.05) is 19.1 Å². The molecule has 0 fully saturated rings. The van der Waals surface area contributed by atoms with Gasteiger partial charge in [0.15, 0.2) is 5.13 Å². The Balaban J connectivity index is 1.75. The highest BCUT2D eigenvalue weighted by atomic mass is 32.1. The van der Waals surface area contributed by atoms with Crippen molar-refractivity contribution in [3.63, 3.8) is 0 Å². The number of carbonyl (C=O) groups excluding carboxylic acids is 1. The Hall–Kier alpha value is -2.77. The Morgan fingerprint density at radius 2 is 1.86 bits per heavy atom. The molecule has 0 spiro atoms. The largest absolute Gasteiger partial charge is 0.495 e. The van der Waals surface area contributed by atoms with E-state index in [-0.39, 0.29) is 11.7 Å². The molecule has 7 heteroatoms. The molecular formula is C21H22FN3O2S. The fourth-order valence-electron chi connectivity index (χ4n) is 2.93. The fourth-order valence-corrected chi connectivity index (χ4v) is 3.80. The number of ether oxygens (including phenoxy) is 1. The van der Waals surface area contributed by atoms with E-state index in [2.05, 4.69) is 9.88 Å². The van der Waals surface area contributed by atoms with Gasteiger partial charge < -0.3 is 4.74 Å². The minimum absolute atomic E-state index is 0.134. The number of anilines is 2. The van der Waals surface area contributed by atoms with Crippen molar-refractivity contribution in [3.8, 4) is 5.75 Å². The topological polar surface area (TPSA) is 45.7 Å². The lowest BCUT2D eigenvalue weighted by atomic mass is 10.2. The molecule has 0 saturated heterocycles. The molecule has 1 heterocycles. The van der Waals surface area contributed by atoms with Gasteiger partial charge in [0.05, 0.1) is 18.5 Å². The van der Waals surface area contributed by atoms with E-state index in [1.54, 1.807) is 24.1 Å². The molecule has 1 aromatic heterocycles. The molecule has 2 aromatic carbocycles. The smallest absolute Gasteiger partial charge is 0.230 e. The van der Waals surface area contributed by atoms with E-state index in [1.807, 2.05) is 36.7 Å². The maximum Gasteiger partial charge on any atom is 0.230 e. The van der Waals surface area contributed by atoms with Gasteiger partial charge in [0.1, 0.15) is 11.6 Å². The number of hydrogen-bond acceptors (Lipinski definition) is 5. The summed E-state index contributed by atoms with van der Waals surface area (Å²) in [5.74, 6) is 0.240. The van der Waals surface area contributed by atoms with Crippen LogP contribution in [0.4, 0.5) is 15.2 Å². The van der Waals surface area contributed by atoms with Crippen molar-refractivity contribution >= 4 is 28.1 Å². The van der Waals surface area contributed by atoms with Crippen LogP contribution in [0.5, 0.6) is 5.75 Å². The Morgan fingerprint density at radius 3 is 2.54 bits per heavy atom. The summed E-state index contributed by atoms with van der Waals surface area (Å²) >= 11 is 1.41. The van der Waals surface area contributed by atoms with Crippen molar-refractivity contribution in [2.45, 2.75) is 20.0 Å². The lowest BCUT2D eigenvalue weighted by Crippen LogP contribution is -2.23. The van der Waals surface area contributed by atoms with E-state index in [4.69, 9.17) is 4.74 Å². The van der Waals surface area contributed by atoms with Crippen molar-refractivity contribution < 1.29 is 13.9 Å². The van der Waals surface area contributed by atoms with Crippen LogP contribution in [0.3, 0.4) is 0 Å². The van der Waals surface area contributed by atoms with Crippen LogP contribution in [0, 0.1) is 5.82 Å². The molecule has 0 N–H and O–H groups in total. The standard InChI is InChI=1S/C21H22FN3O2S/c1-15(26)25(19-6-4-5-7-20(19)27-3)21-23-18(14-28-21)13-24(2)12-16-8-10-17(22)11-9-16/h4-11,14H,12-13H2,1-3H3. The van der Waals surface area contributed by atoms with Gasteiger partial charge in [0.25, 0.3) is 0 Å². The summed E-state index contributed by atoms with van der Waals surface area (Å²) in [6.45, 7) is 2.80. The average molecular weight is 399 g/mol. The summed E-state index contributed by atoms with van der Waals surface area (Å²) < 4.78 is 18.4. The van der Waals surface area contributed by atoms with Gasteiger partial charge in [-0.15, -0.1) is 11.3 Å². The van der Waals surface area contributed by atoms with E-state index in [0.717, 1.165) is 11.3 Å². The Bertz CT molecular complexity index is 943. The average Bonchev–Trinajstić information content (AvgIpc) is 3.11. The van der Waals surface area contributed by atoms with Gasteiger partial charge in [-0.25, -0.2) is 9.37 Å². The second-order valence-corrected chi connectivity index (χ2v) is 7.28. The SMILES string of the molecule is COc1ccccc1N(C(C)=O)c1nc(CN(C)Cc2ccc(F)cc2)cs1. The van der Waals surface area contributed by atoms with Crippen LogP contribution in [-0.4, -0.2) is 29.9 Å². The number of para-hydroxylation sites is 2. The second kappa shape index (κ2) is 8.95. The molecule has 0 atom stereocenters. The van der Waals surface area contributed by atoms with Gasteiger partial charge in [0, 0.05) is 25.4 Å². The molecule has 0 bridgehead atoms. The highest BCUT2D eigenvalue weighted by Gasteiger charge is 2.21. The number of rotatable bonds is 7. The summed E-state index contributed by atoms with van der Waals surface area (Å²) in [5.41, 5.74) is 2.56. The molecular weight excluding hydrogens is 377 g/mol. The van der Waals surface area contributed by atoms with Crippen molar-refractivity contribution in [1.82, 2.24) is 9.88 Å². The number of carbonyl (C=O) groups is 1. The first kappa shape index (κ1) is 20.0. The molecule has 0 aliphatic heterocycles. The molecule has 28 heavy (non-hydrogen) atoms. The van der Waals surface area contributed by atoms with Gasteiger partial charge >= 0.3 is 0 Å². The minimum Gasteiger partial charge on any atom is -0.495 e. The summed E-state index contributed by atoms with van der Waals surface area (Å²) in [7, 11) is 3.56. The molecule has 146 valence electrons. The quantitative estimate of drug-likeness (QED) is 0.582. The molecule has 0 saturated carbocycles. The normalized spacial score (nSPS) is 10.9. The number of nitrogens with zero attached hydrogens (tertiary/aromatic N) is 3. The summed E-state index contributed by atoms with van der Waals surface area (Å²) in [6, 6.07) is 13.8. The fraction of sp³-hybridized carbons (Fsp3) is 0.238. The second-order valence-electron chi connectivity index (χ2n) is 6.45. The minimum atomic E-state index is -0.240. The number of aromatic nitrogens is 1.